The molecule has 0 bridgehead atoms. The van der Waals surface area contributed by atoms with E-state index in [1.807, 2.05) is 0 Å². The molecule has 0 aliphatic carbocycles. The third-order valence-corrected chi connectivity index (χ3v) is 1.95. The first kappa shape index (κ1) is 12.1. The van der Waals surface area contributed by atoms with Crippen LogP contribution in [0, 0.1) is 5.82 Å². The molecule has 84 valence electrons. The Morgan fingerprint density at radius 3 is 2.50 bits per heavy atom. The van der Waals surface area contributed by atoms with Crippen LogP contribution in [0.2, 0.25) is 0 Å². The summed E-state index contributed by atoms with van der Waals surface area (Å²) in [7, 11) is 0. The SMILES string of the molecule is CC(=O)/C(C=Nc1ccccc1F)=C(\C)O. The van der Waals surface area contributed by atoms with E-state index < -0.39 is 5.82 Å². The van der Waals surface area contributed by atoms with Crippen molar-refractivity contribution in [2.24, 2.45) is 4.99 Å². The average Bonchev–Trinajstić information content (AvgIpc) is 2.20. The monoisotopic (exact) mass is 221 g/mol. The third kappa shape index (κ3) is 3.02. The van der Waals surface area contributed by atoms with Crippen molar-refractivity contribution >= 4 is 17.7 Å². The Kier molecular flexibility index (Phi) is 3.94. The lowest BCUT2D eigenvalue weighted by Gasteiger charge is -1.98. The summed E-state index contributed by atoms with van der Waals surface area (Å²) < 4.78 is 13.2. The zero-order valence-corrected chi connectivity index (χ0v) is 9.07. The van der Waals surface area contributed by atoms with Crippen molar-refractivity contribution in [2.45, 2.75) is 13.8 Å². The molecule has 0 spiro atoms. The molecular weight excluding hydrogens is 209 g/mol. The molecule has 3 nitrogen and oxygen atoms in total. The Hall–Kier alpha value is -1.97. The van der Waals surface area contributed by atoms with Crippen LogP contribution in [0.3, 0.4) is 0 Å². The molecule has 16 heavy (non-hydrogen) atoms. The molecule has 0 saturated heterocycles. The normalized spacial score (nSPS) is 12.7. The second-order valence-corrected chi connectivity index (χ2v) is 3.26. The second-order valence-electron chi connectivity index (χ2n) is 3.26. The predicted molar refractivity (Wildman–Crippen MR) is 60.6 cm³/mol. The molecule has 0 saturated carbocycles. The van der Waals surface area contributed by atoms with Gasteiger partial charge in [-0.1, -0.05) is 12.1 Å². The van der Waals surface area contributed by atoms with Crippen molar-refractivity contribution in [3.8, 4) is 0 Å². The van der Waals surface area contributed by atoms with Crippen LogP contribution < -0.4 is 0 Å². The number of aliphatic hydroxyl groups excluding tert-OH is 1. The Balaban J connectivity index is 3.02. The largest absolute Gasteiger partial charge is 0.512 e. The molecule has 0 fully saturated rings. The van der Waals surface area contributed by atoms with Crippen LogP contribution in [0.4, 0.5) is 10.1 Å². The first-order valence-corrected chi connectivity index (χ1v) is 4.71. The number of ketones is 1. The van der Waals surface area contributed by atoms with E-state index in [1.165, 1.54) is 26.0 Å². The van der Waals surface area contributed by atoms with Crippen LogP contribution in [0.15, 0.2) is 40.6 Å². The number of carbonyl (C=O) groups excluding carboxylic acids is 1. The molecule has 1 aromatic rings. The highest BCUT2D eigenvalue weighted by atomic mass is 19.1. The van der Waals surface area contributed by atoms with Gasteiger partial charge in [0.15, 0.2) is 5.78 Å². The molecule has 0 unspecified atom stereocenters. The minimum absolute atomic E-state index is 0.0725. The molecule has 1 aromatic carbocycles. The van der Waals surface area contributed by atoms with E-state index in [0.29, 0.717) is 0 Å². The van der Waals surface area contributed by atoms with E-state index in [4.69, 9.17) is 0 Å². The minimum Gasteiger partial charge on any atom is -0.512 e. The van der Waals surface area contributed by atoms with Crippen LogP contribution in [0.5, 0.6) is 0 Å². The molecule has 4 heteroatoms. The van der Waals surface area contributed by atoms with Gasteiger partial charge in [-0.3, -0.25) is 9.79 Å². The van der Waals surface area contributed by atoms with Gasteiger partial charge in [0.25, 0.3) is 0 Å². The summed E-state index contributed by atoms with van der Waals surface area (Å²) in [6, 6.07) is 5.94. The third-order valence-electron chi connectivity index (χ3n) is 1.95. The van der Waals surface area contributed by atoms with Crippen LogP contribution >= 0.6 is 0 Å². The smallest absolute Gasteiger partial charge is 0.164 e. The van der Waals surface area contributed by atoms with Crippen molar-refractivity contribution in [2.75, 3.05) is 0 Å². The summed E-state index contributed by atoms with van der Waals surface area (Å²) in [6.07, 6.45) is 1.16. The number of para-hydroxylation sites is 1. The molecule has 0 atom stereocenters. The number of benzene rings is 1. The maximum Gasteiger partial charge on any atom is 0.164 e. The van der Waals surface area contributed by atoms with Gasteiger partial charge in [0.05, 0.1) is 11.3 Å². The fourth-order valence-electron chi connectivity index (χ4n) is 1.13. The summed E-state index contributed by atoms with van der Waals surface area (Å²) in [6.45, 7) is 2.69. The Bertz CT molecular complexity index is 460. The van der Waals surface area contributed by atoms with Gasteiger partial charge in [-0.15, -0.1) is 0 Å². The van der Waals surface area contributed by atoms with Gasteiger partial charge in [-0.05, 0) is 26.0 Å². The molecule has 0 aromatic heterocycles. The number of halogens is 1. The Morgan fingerprint density at radius 2 is 2.00 bits per heavy atom. The second kappa shape index (κ2) is 5.21. The van der Waals surface area contributed by atoms with Gasteiger partial charge in [0.1, 0.15) is 11.6 Å². The average molecular weight is 221 g/mol. The van der Waals surface area contributed by atoms with Crippen molar-refractivity contribution in [3.05, 3.63) is 41.4 Å². The number of aliphatic hydroxyl groups is 1. The van der Waals surface area contributed by atoms with Crippen LogP contribution in [0.1, 0.15) is 13.8 Å². The maximum absolute atomic E-state index is 13.2. The maximum atomic E-state index is 13.2. The highest BCUT2D eigenvalue weighted by molar-refractivity contribution is 6.12. The molecule has 0 heterocycles. The molecule has 1 rings (SSSR count). The molecular formula is C12H12FNO2. The highest BCUT2D eigenvalue weighted by Gasteiger charge is 2.05. The quantitative estimate of drug-likeness (QED) is 0.484. The van der Waals surface area contributed by atoms with Crippen molar-refractivity contribution in [1.29, 1.82) is 0 Å². The summed E-state index contributed by atoms with van der Waals surface area (Å²) in [5.74, 6) is -0.926. The van der Waals surface area contributed by atoms with Gasteiger partial charge in [-0.2, -0.15) is 0 Å². The minimum atomic E-state index is -0.475. The lowest BCUT2D eigenvalue weighted by atomic mass is 10.2. The summed E-state index contributed by atoms with van der Waals surface area (Å²) in [4.78, 5) is 14.9. The van der Waals surface area contributed by atoms with E-state index in [2.05, 4.69) is 4.99 Å². The van der Waals surface area contributed by atoms with Gasteiger partial charge >= 0.3 is 0 Å². The summed E-state index contributed by atoms with van der Waals surface area (Å²) in [5.41, 5.74) is 0.200. The van der Waals surface area contributed by atoms with E-state index in [-0.39, 0.29) is 22.8 Å². The van der Waals surface area contributed by atoms with Gasteiger partial charge in [-0.25, -0.2) is 4.39 Å². The van der Waals surface area contributed by atoms with Crippen LogP contribution in [-0.4, -0.2) is 17.1 Å². The lowest BCUT2D eigenvalue weighted by molar-refractivity contribution is -0.113. The first-order valence-electron chi connectivity index (χ1n) is 4.71. The number of rotatable bonds is 3. The number of aliphatic imine (C=N–C) groups is 1. The lowest BCUT2D eigenvalue weighted by Crippen LogP contribution is -2.01. The number of carbonyl (C=O) groups is 1. The van der Waals surface area contributed by atoms with Crippen LogP contribution in [0.25, 0.3) is 0 Å². The van der Waals surface area contributed by atoms with Crippen molar-refractivity contribution in [3.63, 3.8) is 0 Å². The Morgan fingerprint density at radius 1 is 1.38 bits per heavy atom. The number of Topliss-reactive ketones (excluding diaryl/α,β-unsaturated/α-hetero) is 1. The highest BCUT2D eigenvalue weighted by Crippen LogP contribution is 2.16. The Labute approximate surface area is 92.9 Å². The van der Waals surface area contributed by atoms with Gasteiger partial charge in [0.2, 0.25) is 0 Å². The van der Waals surface area contributed by atoms with E-state index in [0.717, 1.165) is 6.21 Å². The van der Waals surface area contributed by atoms with Crippen molar-refractivity contribution in [1.82, 2.24) is 0 Å². The van der Waals surface area contributed by atoms with Crippen LogP contribution in [-0.2, 0) is 4.79 Å². The number of hydrogen-bond donors (Lipinski definition) is 1. The topological polar surface area (TPSA) is 49.7 Å². The van der Waals surface area contributed by atoms with E-state index >= 15 is 0 Å². The number of nitrogens with zero attached hydrogens (tertiary/aromatic N) is 1. The number of hydrogen-bond acceptors (Lipinski definition) is 3. The van der Waals surface area contributed by atoms with E-state index in [1.54, 1.807) is 12.1 Å². The molecule has 0 radical (unpaired) electrons. The standard InChI is InChI=1S/C12H12FNO2/c1-8(15)10(9(2)16)7-14-12-6-4-3-5-11(12)13/h3-7,15H,1-2H3/b10-8+,14-7?. The zero-order chi connectivity index (χ0) is 12.1. The first-order chi connectivity index (χ1) is 7.52. The number of allylic oxidation sites excluding steroid dienone is 2. The van der Waals surface area contributed by atoms with Gasteiger partial charge in [0, 0.05) is 6.21 Å². The molecule has 1 N–H and O–H groups in total. The zero-order valence-electron chi connectivity index (χ0n) is 9.07. The van der Waals surface area contributed by atoms with Gasteiger partial charge < -0.3 is 5.11 Å². The van der Waals surface area contributed by atoms with Crippen molar-refractivity contribution < 1.29 is 14.3 Å². The fourth-order valence-corrected chi connectivity index (χ4v) is 1.13. The summed E-state index contributed by atoms with van der Waals surface area (Å²) in [5, 5.41) is 9.20. The fraction of sp³-hybridized carbons (Fsp3) is 0.167. The predicted octanol–water partition coefficient (Wildman–Crippen LogP) is 2.95. The molecule has 0 aliphatic rings. The molecule has 0 amide bonds. The van der Waals surface area contributed by atoms with E-state index in [9.17, 15) is 14.3 Å². The summed E-state index contributed by atoms with van der Waals surface area (Å²) >= 11 is 0. The molecule has 0 aliphatic heterocycles.